The highest BCUT2D eigenvalue weighted by Crippen LogP contribution is 2.43. The molecule has 1 saturated heterocycles. The molecule has 38 heavy (non-hydrogen) atoms. The number of rotatable bonds is 7. The molecule has 1 aliphatic heterocycles. The van der Waals surface area contributed by atoms with Gasteiger partial charge in [-0.2, -0.15) is 0 Å². The van der Waals surface area contributed by atoms with Crippen LogP contribution in [0.3, 0.4) is 0 Å². The summed E-state index contributed by atoms with van der Waals surface area (Å²) in [5.74, 6) is -2.10. The second-order valence-electron chi connectivity index (χ2n) is 8.68. The highest BCUT2D eigenvalue weighted by molar-refractivity contribution is 6.51. The molecule has 0 aliphatic carbocycles. The minimum Gasteiger partial charge on any atom is -0.507 e. The molecule has 4 rings (SSSR count). The van der Waals surface area contributed by atoms with Crippen LogP contribution >= 0.6 is 0 Å². The van der Waals surface area contributed by atoms with Gasteiger partial charge in [-0.05, 0) is 55.8 Å². The van der Waals surface area contributed by atoms with Gasteiger partial charge < -0.3 is 19.3 Å². The van der Waals surface area contributed by atoms with Crippen molar-refractivity contribution in [2.24, 2.45) is 0 Å². The lowest BCUT2D eigenvalue weighted by Crippen LogP contribution is -2.29. The molecule has 1 amide bonds. The van der Waals surface area contributed by atoms with Gasteiger partial charge in [-0.1, -0.05) is 30.3 Å². The molecule has 0 aromatic heterocycles. The maximum Gasteiger partial charge on any atom is 0.573 e. The molecule has 0 spiro atoms. The maximum atomic E-state index is 13.3. The summed E-state index contributed by atoms with van der Waals surface area (Å²) in [6.45, 7) is 3.66. The van der Waals surface area contributed by atoms with E-state index in [0.29, 0.717) is 17.1 Å². The Morgan fingerprint density at radius 1 is 0.921 bits per heavy atom. The summed E-state index contributed by atoms with van der Waals surface area (Å²) < 4.78 is 53.4. The minimum atomic E-state index is -4.95. The molecule has 1 aliphatic rings. The third kappa shape index (κ3) is 5.59. The van der Waals surface area contributed by atoms with Crippen LogP contribution in [-0.4, -0.2) is 36.4 Å². The van der Waals surface area contributed by atoms with Crippen LogP contribution in [0.2, 0.25) is 0 Å². The smallest absolute Gasteiger partial charge is 0.507 e. The minimum absolute atomic E-state index is 0.0226. The van der Waals surface area contributed by atoms with Crippen molar-refractivity contribution >= 4 is 23.1 Å². The quantitative estimate of drug-likeness (QED) is 0.230. The van der Waals surface area contributed by atoms with Crippen LogP contribution < -0.4 is 19.1 Å². The zero-order chi connectivity index (χ0) is 27.6. The summed E-state index contributed by atoms with van der Waals surface area (Å²) in [5, 5.41) is 11.3. The largest absolute Gasteiger partial charge is 0.573 e. The van der Waals surface area contributed by atoms with Crippen LogP contribution in [0.4, 0.5) is 18.9 Å². The number of aliphatic hydroxyl groups excluding tert-OH is 1. The molecular weight excluding hydrogens is 503 g/mol. The van der Waals surface area contributed by atoms with Crippen molar-refractivity contribution < 1.29 is 42.1 Å². The van der Waals surface area contributed by atoms with Crippen molar-refractivity contribution in [1.82, 2.24) is 0 Å². The van der Waals surface area contributed by atoms with Gasteiger partial charge in [0.25, 0.3) is 11.7 Å². The summed E-state index contributed by atoms with van der Waals surface area (Å²) in [7, 11) is 1.47. The molecular formula is C28H24F3NO6. The number of alkyl halides is 3. The van der Waals surface area contributed by atoms with E-state index in [9.17, 15) is 27.9 Å². The summed E-state index contributed by atoms with van der Waals surface area (Å²) in [5.41, 5.74) is 0.395. The molecule has 0 bridgehead atoms. The Balaban J connectivity index is 1.88. The van der Waals surface area contributed by atoms with E-state index >= 15 is 0 Å². The van der Waals surface area contributed by atoms with Gasteiger partial charge in [-0.3, -0.25) is 14.5 Å². The zero-order valence-corrected chi connectivity index (χ0v) is 20.7. The molecule has 1 heterocycles. The fourth-order valence-corrected chi connectivity index (χ4v) is 4.18. The number of carbonyl (C=O) groups excluding carboxylic acids is 2. The summed E-state index contributed by atoms with van der Waals surface area (Å²) >= 11 is 0. The lowest BCUT2D eigenvalue weighted by molar-refractivity contribution is -0.274. The Hall–Kier alpha value is -4.47. The van der Waals surface area contributed by atoms with Gasteiger partial charge in [-0.15, -0.1) is 13.2 Å². The first-order valence-corrected chi connectivity index (χ1v) is 11.6. The van der Waals surface area contributed by atoms with E-state index in [1.165, 1.54) is 25.3 Å². The number of carbonyl (C=O) groups is 2. The van der Waals surface area contributed by atoms with Crippen LogP contribution in [0.15, 0.2) is 78.4 Å². The molecule has 10 heteroatoms. The number of benzene rings is 3. The number of aliphatic hydroxyl groups is 1. The number of amides is 1. The molecule has 1 atom stereocenters. The predicted molar refractivity (Wildman–Crippen MR) is 133 cm³/mol. The van der Waals surface area contributed by atoms with E-state index in [-0.39, 0.29) is 22.9 Å². The fourth-order valence-electron chi connectivity index (χ4n) is 4.18. The number of Topliss-reactive ketones (excluding diaryl/α,β-unsaturated/α-hetero) is 1. The first-order valence-electron chi connectivity index (χ1n) is 11.6. The van der Waals surface area contributed by atoms with Crippen molar-refractivity contribution in [3.8, 4) is 17.2 Å². The third-order valence-electron chi connectivity index (χ3n) is 5.68. The monoisotopic (exact) mass is 527 g/mol. The topological polar surface area (TPSA) is 85.3 Å². The Kier molecular flexibility index (Phi) is 7.34. The average molecular weight is 527 g/mol. The molecule has 0 radical (unpaired) electrons. The molecule has 0 saturated carbocycles. The second-order valence-corrected chi connectivity index (χ2v) is 8.68. The number of anilines is 1. The lowest BCUT2D eigenvalue weighted by Gasteiger charge is -2.26. The van der Waals surface area contributed by atoms with Crippen molar-refractivity contribution in [2.75, 3.05) is 12.0 Å². The van der Waals surface area contributed by atoms with Gasteiger partial charge in [0.1, 0.15) is 23.0 Å². The normalized spacial score (nSPS) is 17.1. The number of halogens is 3. The first kappa shape index (κ1) is 26.6. The van der Waals surface area contributed by atoms with E-state index < -0.39 is 35.6 Å². The number of nitrogens with zero attached hydrogens (tertiary/aromatic N) is 1. The van der Waals surface area contributed by atoms with E-state index in [4.69, 9.17) is 9.47 Å². The molecule has 3 aromatic rings. The van der Waals surface area contributed by atoms with Crippen LogP contribution in [0.5, 0.6) is 17.2 Å². The van der Waals surface area contributed by atoms with Gasteiger partial charge in [0.2, 0.25) is 0 Å². The Morgan fingerprint density at radius 3 is 2.21 bits per heavy atom. The van der Waals surface area contributed by atoms with E-state index in [2.05, 4.69) is 4.74 Å². The Morgan fingerprint density at radius 2 is 1.58 bits per heavy atom. The van der Waals surface area contributed by atoms with Crippen LogP contribution in [0.25, 0.3) is 5.76 Å². The van der Waals surface area contributed by atoms with Crippen LogP contribution in [0.1, 0.15) is 31.0 Å². The molecule has 1 unspecified atom stereocenters. The molecule has 3 aromatic carbocycles. The van der Waals surface area contributed by atoms with E-state index in [1.54, 1.807) is 42.5 Å². The number of methoxy groups -OCH3 is 1. The SMILES string of the molecule is COc1ccc(C2/C(=C(\O)c3cccc(OC(C)C)c3)C(=O)C(=O)N2c2cccc(OC(F)(F)F)c2)cc1. The standard InChI is InChI=1S/C28H24F3NO6/c1-16(2)37-21-8-4-6-18(14-21)25(33)23-24(17-10-12-20(36-3)13-11-17)32(27(35)26(23)34)19-7-5-9-22(15-19)38-28(29,30)31/h4-16,24,33H,1-3H3/b25-23+. The first-order chi connectivity index (χ1) is 18.0. The lowest BCUT2D eigenvalue weighted by atomic mass is 9.95. The van der Waals surface area contributed by atoms with E-state index in [1.807, 2.05) is 13.8 Å². The molecule has 1 N–H and O–H groups in total. The molecule has 7 nitrogen and oxygen atoms in total. The van der Waals surface area contributed by atoms with Gasteiger partial charge in [-0.25, -0.2) is 0 Å². The van der Waals surface area contributed by atoms with Crippen LogP contribution in [-0.2, 0) is 9.59 Å². The van der Waals surface area contributed by atoms with Crippen molar-refractivity contribution in [2.45, 2.75) is 32.4 Å². The summed E-state index contributed by atoms with van der Waals surface area (Å²) in [6.07, 6.45) is -5.10. The average Bonchev–Trinajstić information content (AvgIpc) is 3.13. The fraction of sp³-hybridized carbons (Fsp3) is 0.214. The third-order valence-corrected chi connectivity index (χ3v) is 5.68. The Bertz CT molecular complexity index is 1380. The summed E-state index contributed by atoms with van der Waals surface area (Å²) in [6, 6.07) is 16.4. The van der Waals surface area contributed by atoms with Crippen LogP contribution in [0, 0.1) is 0 Å². The molecule has 1 fully saturated rings. The summed E-state index contributed by atoms with van der Waals surface area (Å²) in [4.78, 5) is 27.6. The number of hydrogen-bond acceptors (Lipinski definition) is 6. The second kappa shape index (κ2) is 10.5. The van der Waals surface area contributed by atoms with Crippen molar-refractivity contribution in [3.05, 3.63) is 89.5 Å². The van der Waals surface area contributed by atoms with Crippen molar-refractivity contribution in [1.29, 1.82) is 0 Å². The van der Waals surface area contributed by atoms with Gasteiger partial charge in [0.05, 0.1) is 24.8 Å². The van der Waals surface area contributed by atoms with E-state index in [0.717, 1.165) is 17.0 Å². The van der Waals surface area contributed by atoms with Gasteiger partial charge >= 0.3 is 6.36 Å². The number of ketones is 1. The Labute approximate surface area is 216 Å². The maximum absolute atomic E-state index is 13.3. The number of hydrogen-bond donors (Lipinski definition) is 1. The van der Waals surface area contributed by atoms with Gasteiger partial charge in [0, 0.05) is 17.3 Å². The van der Waals surface area contributed by atoms with Crippen molar-refractivity contribution in [3.63, 3.8) is 0 Å². The highest BCUT2D eigenvalue weighted by Gasteiger charge is 2.47. The van der Waals surface area contributed by atoms with Gasteiger partial charge in [0.15, 0.2) is 0 Å². The highest BCUT2D eigenvalue weighted by atomic mass is 19.4. The predicted octanol–water partition coefficient (Wildman–Crippen LogP) is 6.01. The molecule has 198 valence electrons. The zero-order valence-electron chi connectivity index (χ0n) is 20.7. The number of ether oxygens (including phenoxy) is 3.